The van der Waals surface area contributed by atoms with Crippen LogP contribution in [0, 0.1) is 29.1 Å². The topological polar surface area (TPSA) is 56.7 Å². The Bertz CT molecular complexity index is 1310. The van der Waals surface area contributed by atoms with Gasteiger partial charge in [-0.2, -0.15) is 5.26 Å². The molecular weight excluding hydrogens is 382 g/mol. The average Bonchev–Trinajstić information content (AvgIpc) is 3.38. The van der Waals surface area contributed by atoms with Crippen molar-refractivity contribution in [2.24, 2.45) is 22.7 Å². The van der Waals surface area contributed by atoms with Crippen molar-refractivity contribution in [3.05, 3.63) is 46.6 Å². The number of nitrogens with zero attached hydrogens (tertiary/aromatic N) is 5. The molecule has 0 bridgehead atoms. The Hall–Kier alpha value is -2.87. The fourth-order valence-electron chi connectivity index (χ4n) is 5.91. The van der Waals surface area contributed by atoms with Crippen molar-refractivity contribution in [1.82, 2.24) is 14.3 Å². The van der Waals surface area contributed by atoms with Crippen LogP contribution in [0.25, 0.3) is 22.4 Å². The van der Waals surface area contributed by atoms with Crippen LogP contribution in [0.3, 0.4) is 0 Å². The molecule has 2 aromatic heterocycles. The molecule has 2 aliphatic rings. The SMILES string of the molecule is CCC(C(C)C)C1CCN(C2=c3cc(C#N)c4nc5ccccc5n4c3=NC(C)C2)C1. The molecule has 2 aliphatic heterocycles. The summed E-state index contributed by atoms with van der Waals surface area (Å²) in [5.74, 6) is 2.23. The maximum atomic E-state index is 9.92. The monoisotopic (exact) mass is 413 g/mol. The predicted octanol–water partition coefficient (Wildman–Crippen LogP) is 3.88. The highest BCUT2D eigenvalue weighted by atomic mass is 15.2. The van der Waals surface area contributed by atoms with E-state index in [4.69, 9.17) is 9.98 Å². The van der Waals surface area contributed by atoms with Crippen LogP contribution in [0.4, 0.5) is 0 Å². The van der Waals surface area contributed by atoms with E-state index in [1.807, 2.05) is 24.3 Å². The molecule has 0 saturated carbocycles. The molecule has 0 spiro atoms. The predicted molar refractivity (Wildman–Crippen MR) is 124 cm³/mol. The average molecular weight is 414 g/mol. The van der Waals surface area contributed by atoms with Gasteiger partial charge in [-0.1, -0.05) is 39.3 Å². The van der Waals surface area contributed by atoms with E-state index < -0.39 is 0 Å². The number of hydrogen-bond donors (Lipinski definition) is 0. The van der Waals surface area contributed by atoms with Crippen LogP contribution in [0.2, 0.25) is 0 Å². The van der Waals surface area contributed by atoms with E-state index in [1.54, 1.807) is 0 Å². The zero-order valence-corrected chi connectivity index (χ0v) is 19.0. The summed E-state index contributed by atoms with van der Waals surface area (Å²) in [5.41, 5.74) is 5.58. The van der Waals surface area contributed by atoms with Crippen LogP contribution in [0.1, 0.15) is 52.5 Å². The molecule has 3 atom stereocenters. The van der Waals surface area contributed by atoms with Gasteiger partial charge in [-0.15, -0.1) is 0 Å². The zero-order valence-electron chi connectivity index (χ0n) is 19.0. The van der Waals surface area contributed by atoms with Crippen LogP contribution >= 0.6 is 0 Å². The lowest BCUT2D eigenvalue weighted by atomic mass is 9.81. The molecule has 1 aromatic carbocycles. The number of benzene rings is 1. The van der Waals surface area contributed by atoms with E-state index in [1.165, 1.54) is 18.5 Å². The lowest BCUT2D eigenvalue weighted by Gasteiger charge is -2.29. The molecule has 0 N–H and O–H groups in total. The first-order valence-electron chi connectivity index (χ1n) is 11.7. The van der Waals surface area contributed by atoms with Gasteiger partial charge in [0.25, 0.3) is 0 Å². The van der Waals surface area contributed by atoms with Gasteiger partial charge in [0.05, 0.1) is 22.6 Å². The van der Waals surface area contributed by atoms with Gasteiger partial charge in [0.15, 0.2) is 5.65 Å². The first kappa shape index (κ1) is 20.1. The summed E-state index contributed by atoms with van der Waals surface area (Å²) in [6.45, 7) is 11.5. The minimum absolute atomic E-state index is 0.214. The standard InChI is InChI=1S/C26H31N5/c1-5-20(16(2)3)18-10-11-30(15-18)24-12-17(4)28-26-21(24)13-19(14-27)25-29-22-8-6-7-9-23(22)31(25)26/h6-9,13,16-18,20H,5,10-12,15H2,1-4H3. The second kappa shape index (κ2) is 7.67. The lowest BCUT2D eigenvalue weighted by molar-refractivity contribution is 0.250. The molecule has 31 heavy (non-hydrogen) atoms. The summed E-state index contributed by atoms with van der Waals surface area (Å²) in [4.78, 5) is 12.4. The molecule has 1 saturated heterocycles. The van der Waals surface area contributed by atoms with Gasteiger partial charge in [0.2, 0.25) is 0 Å². The molecule has 4 heterocycles. The quantitative estimate of drug-likeness (QED) is 0.652. The molecule has 5 heteroatoms. The molecule has 3 aromatic rings. The highest BCUT2D eigenvalue weighted by Gasteiger charge is 2.32. The van der Waals surface area contributed by atoms with E-state index in [0.717, 1.165) is 59.0 Å². The van der Waals surface area contributed by atoms with E-state index in [9.17, 15) is 5.26 Å². The molecule has 5 nitrogen and oxygen atoms in total. The normalized spacial score (nSPS) is 22.1. The van der Waals surface area contributed by atoms with Crippen LogP contribution in [0.5, 0.6) is 0 Å². The van der Waals surface area contributed by atoms with Crippen molar-refractivity contribution in [3.63, 3.8) is 0 Å². The number of nitriles is 1. The number of likely N-dealkylation sites (tertiary alicyclic amines) is 1. The Balaban J connectivity index is 1.73. The Kier molecular flexibility index (Phi) is 4.97. The third-order valence-electron chi connectivity index (χ3n) is 7.35. The molecular formula is C26H31N5. The summed E-state index contributed by atoms with van der Waals surface area (Å²) < 4.78 is 2.11. The van der Waals surface area contributed by atoms with Gasteiger partial charge in [-0.05, 0) is 49.3 Å². The first-order valence-corrected chi connectivity index (χ1v) is 11.7. The van der Waals surface area contributed by atoms with Gasteiger partial charge in [-0.25, -0.2) is 4.98 Å². The van der Waals surface area contributed by atoms with E-state index >= 15 is 0 Å². The Morgan fingerprint density at radius 2 is 2.06 bits per heavy atom. The number of hydrogen-bond acceptors (Lipinski definition) is 4. The molecule has 0 amide bonds. The van der Waals surface area contributed by atoms with Crippen molar-refractivity contribution >= 4 is 22.4 Å². The van der Waals surface area contributed by atoms with Crippen LogP contribution in [-0.4, -0.2) is 33.4 Å². The molecule has 160 valence electrons. The second-order valence-corrected chi connectivity index (χ2v) is 9.61. The van der Waals surface area contributed by atoms with Gasteiger partial charge in [-0.3, -0.25) is 9.39 Å². The zero-order chi connectivity index (χ0) is 21.7. The van der Waals surface area contributed by atoms with E-state index in [0.29, 0.717) is 11.2 Å². The van der Waals surface area contributed by atoms with Crippen molar-refractivity contribution in [3.8, 4) is 6.07 Å². The molecule has 0 radical (unpaired) electrons. The maximum absolute atomic E-state index is 9.92. The summed E-state index contributed by atoms with van der Waals surface area (Å²) in [6.07, 6.45) is 3.43. The largest absolute Gasteiger partial charge is 0.374 e. The van der Waals surface area contributed by atoms with Gasteiger partial charge in [0, 0.05) is 30.4 Å². The summed E-state index contributed by atoms with van der Waals surface area (Å²) >= 11 is 0. The smallest absolute Gasteiger partial charge is 0.157 e. The van der Waals surface area contributed by atoms with Crippen molar-refractivity contribution in [1.29, 1.82) is 5.26 Å². The van der Waals surface area contributed by atoms with Gasteiger partial charge >= 0.3 is 0 Å². The molecule has 1 fully saturated rings. The van der Waals surface area contributed by atoms with Crippen molar-refractivity contribution < 1.29 is 0 Å². The fourth-order valence-corrected chi connectivity index (χ4v) is 5.91. The number of imidazole rings is 1. The highest BCUT2D eigenvalue weighted by molar-refractivity contribution is 5.82. The minimum atomic E-state index is 0.214. The third-order valence-corrected chi connectivity index (χ3v) is 7.35. The number of rotatable bonds is 4. The number of para-hydroxylation sites is 2. The summed E-state index contributed by atoms with van der Waals surface area (Å²) in [7, 11) is 0. The Labute approximate surface area is 183 Å². The maximum Gasteiger partial charge on any atom is 0.157 e. The molecule has 0 aliphatic carbocycles. The third kappa shape index (κ3) is 3.20. The van der Waals surface area contributed by atoms with Crippen LogP contribution in [0.15, 0.2) is 35.3 Å². The molecule has 3 unspecified atom stereocenters. The van der Waals surface area contributed by atoms with Crippen LogP contribution in [-0.2, 0) is 0 Å². The lowest BCUT2D eigenvalue weighted by Crippen LogP contribution is -2.43. The number of fused-ring (bicyclic) bond motifs is 5. The van der Waals surface area contributed by atoms with E-state index in [-0.39, 0.29) is 6.04 Å². The molecule has 5 rings (SSSR count). The summed E-state index contributed by atoms with van der Waals surface area (Å²) in [5, 5.41) is 11.0. The van der Waals surface area contributed by atoms with E-state index in [2.05, 4.69) is 49.1 Å². The first-order chi connectivity index (χ1) is 15.0. The Morgan fingerprint density at radius 3 is 2.81 bits per heavy atom. The number of pyridine rings is 1. The fraction of sp³-hybridized carbons (Fsp3) is 0.500. The van der Waals surface area contributed by atoms with Crippen molar-refractivity contribution in [2.75, 3.05) is 13.1 Å². The van der Waals surface area contributed by atoms with Crippen molar-refractivity contribution in [2.45, 2.75) is 53.0 Å². The summed E-state index contributed by atoms with van der Waals surface area (Å²) in [6, 6.07) is 12.8. The second-order valence-electron chi connectivity index (χ2n) is 9.61. The van der Waals surface area contributed by atoms with Gasteiger partial charge in [0.1, 0.15) is 11.6 Å². The Morgan fingerprint density at radius 1 is 1.26 bits per heavy atom. The highest BCUT2D eigenvalue weighted by Crippen LogP contribution is 2.34. The number of aromatic nitrogens is 2. The minimum Gasteiger partial charge on any atom is -0.374 e. The van der Waals surface area contributed by atoms with Gasteiger partial charge < -0.3 is 4.90 Å². The van der Waals surface area contributed by atoms with Crippen LogP contribution < -0.4 is 10.7 Å².